The lowest BCUT2D eigenvalue weighted by Crippen LogP contribution is -2.47. The molecule has 0 aromatic heterocycles. The van der Waals surface area contributed by atoms with Crippen LogP contribution in [0.1, 0.15) is 40.0 Å². The minimum atomic E-state index is -0.660. The summed E-state index contributed by atoms with van der Waals surface area (Å²) in [6.07, 6.45) is 2.39. The molecule has 1 aliphatic rings. The number of urea groups is 1. The van der Waals surface area contributed by atoms with Gasteiger partial charge < -0.3 is 5.32 Å². The lowest BCUT2D eigenvalue weighted by atomic mass is 9.85. The Labute approximate surface area is 84.4 Å². The lowest BCUT2D eigenvalue weighted by Gasteiger charge is -2.27. The summed E-state index contributed by atoms with van der Waals surface area (Å²) >= 11 is 0. The maximum Gasteiger partial charge on any atom is 0.322 e. The van der Waals surface area contributed by atoms with E-state index < -0.39 is 5.54 Å². The lowest BCUT2D eigenvalue weighted by molar-refractivity contribution is -0.124. The zero-order valence-electron chi connectivity index (χ0n) is 9.02. The van der Waals surface area contributed by atoms with Gasteiger partial charge in [0.05, 0.1) is 0 Å². The fourth-order valence-electron chi connectivity index (χ4n) is 1.80. The van der Waals surface area contributed by atoms with Gasteiger partial charge >= 0.3 is 6.03 Å². The summed E-state index contributed by atoms with van der Waals surface area (Å²) in [7, 11) is 0. The van der Waals surface area contributed by atoms with Crippen molar-refractivity contribution in [2.24, 2.45) is 5.92 Å². The van der Waals surface area contributed by atoms with Crippen molar-refractivity contribution in [3.05, 3.63) is 0 Å². The van der Waals surface area contributed by atoms with Crippen LogP contribution in [-0.2, 0) is 4.79 Å². The number of hydrogen-bond acceptors (Lipinski definition) is 2. The number of rotatable bonds is 4. The molecule has 1 rings (SSSR count). The van der Waals surface area contributed by atoms with E-state index in [1.807, 2.05) is 6.92 Å². The van der Waals surface area contributed by atoms with E-state index in [9.17, 15) is 9.59 Å². The molecule has 0 saturated carbocycles. The van der Waals surface area contributed by atoms with Crippen molar-refractivity contribution in [3.8, 4) is 0 Å². The molecular formula is C10H18N2O2. The van der Waals surface area contributed by atoms with Gasteiger partial charge in [0.2, 0.25) is 0 Å². The number of amides is 3. The molecule has 1 aliphatic heterocycles. The van der Waals surface area contributed by atoms with Crippen molar-refractivity contribution in [2.45, 2.75) is 45.6 Å². The quantitative estimate of drug-likeness (QED) is 0.671. The second-order valence-corrected chi connectivity index (χ2v) is 4.06. The summed E-state index contributed by atoms with van der Waals surface area (Å²) in [5.41, 5.74) is -0.660. The zero-order valence-corrected chi connectivity index (χ0v) is 9.02. The summed E-state index contributed by atoms with van der Waals surface area (Å²) in [5.74, 6) is 0.268. The van der Waals surface area contributed by atoms with E-state index in [0.717, 1.165) is 12.8 Å². The van der Waals surface area contributed by atoms with Crippen LogP contribution < -0.4 is 10.6 Å². The molecular weight excluding hydrogens is 180 g/mol. The highest BCUT2D eigenvalue weighted by molar-refractivity contribution is 6.06. The van der Waals surface area contributed by atoms with E-state index in [2.05, 4.69) is 24.5 Å². The van der Waals surface area contributed by atoms with Gasteiger partial charge in [0.25, 0.3) is 5.91 Å². The number of imide groups is 1. The van der Waals surface area contributed by atoms with Crippen LogP contribution in [0.5, 0.6) is 0 Å². The maximum absolute atomic E-state index is 11.6. The van der Waals surface area contributed by atoms with Crippen LogP contribution in [0.4, 0.5) is 4.79 Å². The molecule has 3 amide bonds. The van der Waals surface area contributed by atoms with Crippen LogP contribution in [0.2, 0.25) is 0 Å². The fraction of sp³-hybridized carbons (Fsp3) is 0.800. The van der Waals surface area contributed by atoms with Gasteiger partial charge in [-0.25, -0.2) is 4.79 Å². The average molecular weight is 198 g/mol. The first kappa shape index (κ1) is 11.0. The summed E-state index contributed by atoms with van der Waals surface area (Å²) in [5, 5.41) is 5.03. The fourth-order valence-corrected chi connectivity index (χ4v) is 1.80. The van der Waals surface area contributed by atoms with E-state index in [0.29, 0.717) is 12.3 Å². The standard InChI is InChI=1S/C10H18N2O2/c1-4-7(3)6-10(5-2)8(13)11-9(14)12-10/h7H,4-6H2,1-3H3,(H2,11,12,13,14). The molecule has 0 aromatic carbocycles. The van der Waals surface area contributed by atoms with Gasteiger partial charge in [0.15, 0.2) is 0 Å². The third-order valence-electron chi connectivity index (χ3n) is 3.01. The monoisotopic (exact) mass is 198 g/mol. The van der Waals surface area contributed by atoms with Crippen LogP contribution >= 0.6 is 0 Å². The number of carbonyl (C=O) groups is 2. The number of hydrogen-bond donors (Lipinski definition) is 2. The Morgan fingerprint density at radius 3 is 2.36 bits per heavy atom. The van der Waals surface area contributed by atoms with Gasteiger partial charge in [-0.05, 0) is 18.8 Å². The molecule has 2 unspecified atom stereocenters. The predicted octanol–water partition coefficient (Wildman–Crippen LogP) is 1.41. The van der Waals surface area contributed by atoms with Crippen molar-refractivity contribution in [2.75, 3.05) is 0 Å². The summed E-state index contributed by atoms with van der Waals surface area (Å²) < 4.78 is 0. The average Bonchev–Trinajstić information content (AvgIpc) is 2.42. The molecule has 0 spiro atoms. The SMILES string of the molecule is CCC(C)CC1(CC)NC(=O)NC1=O. The largest absolute Gasteiger partial charge is 0.323 e. The van der Waals surface area contributed by atoms with Crippen LogP contribution in [0.25, 0.3) is 0 Å². The zero-order chi connectivity index (χ0) is 10.8. The molecule has 2 N–H and O–H groups in total. The molecule has 14 heavy (non-hydrogen) atoms. The molecule has 80 valence electrons. The third kappa shape index (κ3) is 1.89. The van der Waals surface area contributed by atoms with Gasteiger partial charge in [-0.15, -0.1) is 0 Å². The van der Waals surface area contributed by atoms with E-state index in [4.69, 9.17) is 0 Å². The third-order valence-corrected chi connectivity index (χ3v) is 3.01. The second kappa shape index (κ2) is 3.98. The van der Waals surface area contributed by atoms with Crippen LogP contribution in [0, 0.1) is 5.92 Å². The van der Waals surface area contributed by atoms with Gasteiger partial charge in [0.1, 0.15) is 5.54 Å². The first-order chi connectivity index (χ1) is 6.54. The minimum Gasteiger partial charge on any atom is -0.323 e. The molecule has 4 heteroatoms. The highest BCUT2D eigenvalue weighted by Crippen LogP contribution is 2.25. The van der Waals surface area contributed by atoms with Crippen LogP contribution in [-0.4, -0.2) is 17.5 Å². The molecule has 1 heterocycles. The molecule has 4 nitrogen and oxygen atoms in total. The molecule has 1 saturated heterocycles. The van der Waals surface area contributed by atoms with E-state index >= 15 is 0 Å². The van der Waals surface area contributed by atoms with E-state index in [1.165, 1.54) is 0 Å². The molecule has 0 aromatic rings. The molecule has 1 fully saturated rings. The van der Waals surface area contributed by atoms with Crippen LogP contribution in [0.15, 0.2) is 0 Å². The van der Waals surface area contributed by atoms with Crippen molar-refractivity contribution < 1.29 is 9.59 Å². The number of carbonyl (C=O) groups excluding carboxylic acids is 2. The normalized spacial score (nSPS) is 28.5. The predicted molar refractivity (Wildman–Crippen MR) is 53.8 cm³/mol. The first-order valence-electron chi connectivity index (χ1n) is 5.17. The Morgan fingerprint density at radius 1 is 1.36 bits per heavy atom. The van der Waals surface area contributed by atoms with Gasteiger partial charge in [-0.2, -0.15) is 0 Å². The minimum absolute atomic E-state index is 0.176. The Morgan fingerprint density at radius 2 is 2.00 bits per heavy atom. The Balaban J connectivity index is 2.76. The number of nitrogens with one attached hydrogen (secondary N) is 2. The molecule has 0 aliphatic carbocycles. The van der Waals surface area contributed by atoms with E-state index in [1.54, 1.807) is 0 Å². The van der Waals surface area contributed by atoms with Crippen molar-refractivity contribution in [1.82, 2.24) is 10.6 Å². The van der Waals surface area contributed by atoms with Gasteiger partial charge in [-0.3, -0.25) is 10.1 Å². The molecule has 0 radical (unpaired) electrons. The van der Waals surface area contributed by atoms with Crippen molar-refractivity contribution in [1.29, 1.82) is 0 Å². The molecule has 0 bridgehead atoms. The van der Waals surface area contributed by atoms with Gasteiger partial charge in [-0.1, -0.05) is 27.2 Å². The van der Waals surface area contributed by atoms with Crippen LogP contribution in [0.3, 0.4) is 0 Å². The highest BCUT2D eigenvalue weighted by atomic mass is 16.2. The summed E-state index contributed by atoms with van der Waals surface area (Å²) in [4.78, 5) is 22.6. The summed E-state index contributed by atoms with van der Waals surface area (Å²) in [6, 6.07) is -0.361. The van der Waals surface area contributed by atoms with Crippen molar-refractivity contribution >= 4 is 11.9 Å². The first-order valence-corrected chi connectivity index (χ1v) is 5.17. The van der Waals surface area contributed by atoms with Crippen molar-refractivity contribution in [3.63, 3.8) is 0 Å². The van der Waals surface area contributed by atoms with E-state index in [-0.39, 0.29) is 11.9 Å². The highest BCUT2D eigenvalue weighted by Gasteiger charge is 2.44. The summed E-state index contributed by atoms with van der Waals surface area (Å²) in [6.45, 7) is 6.10. The maximum atomic E-state index is 11.6. The molecule has 2 atom stereocenters. The Hall–Kier alpha value is -1.06. The second-order valence-electron chi connectivity index (χ2n) is 4.06. The van der Waals surface area contributed by atoms with Gasteiger partial charge in [0, 0.05) is 0 Å². The topological polar surface area (TPSA) is 58.2 Å². The smallest absolute Gasteiger partial charge is 0.322 e. The Kier molecular flexibility index (Phi) is 3.13. The Bertz CT molecular complexity index is 253.